The molecule has 4 rings (SSSR count). The lowest BCUT2D eigenvalue weighted by Gasteiger charge is -2.27. The van der Waals surface area contributed by atoms with E-state index in [-0.39, 0.29) is 17.4 Å². The monoisotopic (exact) mass is 493 g/mol. The molecule has 1 atom stereocenters. The van der Waals surface area contributed by atoms with E-state index in [4.69, 9.17) is 4.74 Å². The van der Waals surface area contributed by atoms with Crippen LogP contribution < -0.4 is 0 Å². The SMILES string of the molecule is CCOC1=C(C(=O)c2ccccc2)C(c2ccc(Br)cc2)N(CCCn2ccnc2)C1=O. The van der Waals surface area contributed by atoms with Crippen molar-refractivity contribution in [3.8, 4) is 0 Å². The number of ether oxygens (including phenoxy) is 1. The minimum atomic E-state index is -0.507. The average molecular weight is 494 g/mol. The second-order valence-corrected chi connectivity index (χ2v) is 8.39. The summed E-state index contributed by atoms with van der Waals surface area (Å²) in [5.74, 6) is -0.283. The molecule has 164 valence electrons. The van der Waals surface area contributed by atoms with Crippen LogP contribution in [0.5, 0.6) is 0 Å². The molecule has 1 aliphatic rings. The molecule has 0 bridgehead atoms. The summed E-state index contributed by atoms with van der Waals surface area (Å²) >= 11 is 3.47. The molecular formula is C25H24BrN3O3. The van der Waals surface area contributed by atoms with Crippen LogP contribution in [0.4, 0.5) is 0 Å². The van der Waals surface area contributed by atoms with Crippen molar-refractivity contribution in [1.82, 2.24) is 14.5 Å². The van der Waals surface area contributed by atoms with Crippen molar-refractivity contribution in [2.24, 2.45) is 0 Å². The lowest BCUT2D eigenvalue weighted by molar-refractivity contribution is -0.130. The molecule has 2 heterocycles. The van der Waals surface area contributed by atoms with Gasteiger partial charge in [0.25, 0.3) is 5.91 Å². The molecule has 0 radical (unpaired) electrons. The molecule has 1 unspecified atom stereocenters. The minimum absolute atomic E-state index is 0.150. The fourth-order valence-corrected chi connectivity index (χ4v) is 4.23. The molecule has 1 aromatic heterocycles. The van der Waals surface area contributed by atoms with E-state index in [1.165, 1.54) is 0 Å². The Kier molecular flexibility index (Phi) is 6.85. The van der Waals surface area contributed by atoms with Crippen molar-refractivity contribution in [2.75, 3.05) is 13.2 Å². The van der Waals surface area contributed by atoms with Crippen LogP contribution in [0.25, 0.3) is 0 Å². The predicted octanol–water partition coefficient (Wildman–Crippen LogP) is 4.79. The zero-order valence-corrected chi connectivity index (χ0v) is 19.4. The summed E-state index contributed by atoms with van der Waals surface area (Å²) in [7, 11) is 0. The van der Waals surface area contributed by atoms with Crippen LogP contribution in [-0.4, -0.2) is 39.3 Å². The van der Waals surface area contributed by atoms with Crippen LogP contribution in [0, 0.1) is 0 Å². The van der Waals surface area contributed by atoms with Crippen molar-refractivity contribution >= 4 is 27.6 Å². The molecule has 1 amide bonds. The maximum Gasteiger partial charge on any atom is 0.290 e. The van der Waals surface area contributed by atoms with Gasteiger partial charge in [-0.25, -0.2) is 4.98 Å². The highest BCUT2D eigenvalue weighted by Crippen LogP contribution is 2.40. The third-order valence-electron chi connectivity index (χ3n) is 5.41. The minimum Gasteiger partial charge on any atom is -0.488 e. The standard InChI is InChI=1S/C25H24BrN3O3/c1-2-32-24-21(23(30)19-7-4-3-5-8-19)22(18-9-11-20(26)12-10-18)29(25(24)31)15-6-14-28-16-13-27-17-28/h3-5,7-13,16-17,22H,2,6,14-15H2,1H3. The van der Waals surface area contributed by atoms with Crippen molar-refractivity contribution in [1.29, 1.82) is 0 Å². The van der Waals surface area contributed by atoms with E-state index < -0.39 is 6.04 Å². The number of hydrogen-bond acceptors (Lipinski definition) is 4. The zero-order chi connectivity index (χ0) is 22.5. The average Bonchev–Trinajstić information content (AvgIpc) is 3.42. The number of halogens is 1. The molecule has 0 N–H and O–H groups in total. The van der Waals surface area contributed by atoms with Gasteiger partial charge < -0.3 is 14.2 Å². The van der Waals surface area contributed by atoms with Crippen LogP contribution >= 0.6 is 15.9 Å². The van der Waals surface area contributed by atoms with Gasteiger partial charge in [-0.05, 0) is 31.0 Å². The van der Waals surface area contributed by atoms with Gasteiger partial charge in [0.1, 0.15) is 0 Å². The van der Waals surface area contributed by atoms with Crippen molar-refractivity contribution in [3.05, 3.63) is 100 Å². The molecule has 6 nitrogen and oxygen atoms in total. The third-order valence-corrected chi connectivity index (χ3v) is 5.94. The first kappa shape index (κ1) is 22.0. The van der Waals surface area contributed by atoms with Crippen LogP contribution in [0.1, 0.15) is 35.3 Å². The van der Waals surface area contributed by atoms with Gasteiger partial charge in [0.2, 0.25) is 0 Å². The van der Waals surface area contributed by atoms with E-state index in [1.807, 2.05) is 60.2 Å². The maximum atomic E-state index is 13.6. The number of Topliss-reactive ketones (excluding diaryl/α,β-unsaturated/α-hetero) is 1. The normalized spacial score (nSPS) is 16.0. The van der Waals surface area contributed by atoms with E-state index in [1.54, 1.807) is 29.6 Å². The quantitative estimate of drug-likeness (QED) is 0.402. The Hall–Kier alpha value is -3.19. The molecule has 2 aromatic carbocycles. The van der Waals surface area contributed by atoms with Crippen LogP contribution in [-0.2, 0) is 16.1 Å². The molecule has 32 heavy (non-hydrogen) atoms. The highest BCUT2D eigenvalue weighted by molar-refractivity contribution is 9.10. The number of nitrogens with zero attached hydrogens (tertiary/aromatic N) is 3. The molecular weight excluding hydrogens is 470 g/mol. The van der Waals surface area contributed by atoms with E-state index >= 15 is 0 Å². The second-order valence-electron chi connectivity index (χ2n) is 7.48. The number of ketones is 1. The number of aromatic nitrogens is 2. The highest BCUT2D eigenvalue weighted by Gasteiger charge is 2.44. The van der Waals surface area contributed by atoms with Gasteiger partial charge in [-0.15, -0.1) is 0 Å². The van der Waals surface area contributed by atoms with Gasteiger partial charge in [-0.1, -0.05) is 58.4 Å². The van der Waals surface area contributed by atoms with Crippen LogP contribution in [0.3, 0.4) is 0 Å². The Bertz CT molecular complexity index is 1110. The van der Waals surface area contributed by atoms with E-state index in [0.717, 1.165) is 23.0 Å². The molecule has 0 saturated carbocycles. The zero-order valence-electron chi connectivity index (χ0n) is 17.8. The fraction of sp³-hybridized carbons (Fsp3) is 0.240. The van der Waals surface area contributed by atoms with Gasteiger partial charge in [-0.2, -0.15) is 0 Å². The largest absolute Gasteiger partial charge is 0.488 e. The Morgan fingerprint density at radius 2 is 1.84 bits per heavy atom. The van der Waals surface area contributed by atoms with Gasteiger partial charge >= 0.3 is 0 Å². The Balaban J connectivity index is 1.72. The first-order chi connectivity index (χ1) is 15.6. The van der Waals surface area contributed by atoms with Crippen molar-refractivity contribution in [3.63, 3.8) is 0 Å². The van der Waals surface area contributed by atoms with Gasteiger partial charge in [0.15, 0.2) is 11.5 Å². The number of benzene rings is 2. The summed E-state index contributed by atoms with van der Waals surface area (Å²) in [6.45, 7) is 3.34. The van der Waals surface area contributed by atoms with Gasteiger partial charge in [0, 0.05) is 35.5 Å². The van der Waals surface area contributed by atoms with Crippen LogP contribution in [0.2, 0.25) is 0 Å². The Morgan fingerprint density at radius 3 is 2.50 bits per heavy atom. The summed E-state index contributed by atoms with van der Waals surface area (Å²) in [5, 5.41) is 0. The maximum absolute atomic E-state index is 13.6. The molecule has 0 saturated heterocycles. The summed E-state index contributed by atoms with van der Waals surface area (Å²) in [5.41, 5.74) is 1.81. The Labute approximate surface area is 195 Å². The number of rotatable bonds is 9. The first-order valence-electron chi connectivity index (χ1n) is 10.6. The lowest BCUT2D eigenvalue weighted by Crippen LogP contribution is -2.32. The van der Waals surface area contributed by atoms with E-state index in [2.05, 4.69) is 20.9 Å². The number of hydrogen-bond donors (Lipinski definition) is 0. The predicted molar refractivity (Wildman–Crippen MR) is 125 cm³/mol. The number of aryl methyl sites for hydroxylation is 1. The number of carbonyl (C=O) groups is 2. The summed E-state index contributed by atoms with van der Waals surface area (Å²) in [6, 6.07) is 16.3. The highest BCUT2D eigenvalue weighted by atomic mass is 79.9. The number of carbonyl (C=O) groups excluding carboxylic acids is 2. The van der Waals surface area contributed by atoms with E-state index in [9.17, 15) is 9.59 Å². The second kappa shape index (κ2) is 9.96. The Morgan fingerprint density at radius 1 is 1.09 bits per heavy atom. The van der Waals surface area contributed by atoms with E-state index in [0.29, 0.717) is 24.3 Å². The first-order valence-corrected chi connectivity index (χ1v) is 11.4. The molecule has 0 fully saturated rings. The van der Waals surface area contributed by atoms with Crippen molar-refractivity contribution < 1.29 is 14.3 Å². The molecule has 7 heteroatoms. The summed E-state index contributed by atoms with van der Waals surface area (Å²) in [6.07, 6.45) is 6.11. The lowest BCUT2D eigenvalue weighted by atomic mass is 9.92. The number of imidazole rings is 1. The molecule has 1 aliphatic heterocycles. The number of amides is 1. The molecule has 0 spiro atoms. The van der Waals surface area contributed by atoms with Crippen LogP contribution in [0.15, 0.2) is 89.1 Å². The topological polar surface area (TPSA) is 64.4 Å². The van der Waals surface area contributed by atoms with Crippen molar-refractivity contribution in [2.45, 2.75) is 25.9 Å². The fourth-order valence-electron chi connectivity index (χ4n) is 3.96. The summed E-state index contributed by atoms with van der Waals surface area (Å²) < 4.78 is 8.68. The third kappa shape index (κ3) is 4.53. The molecule has 0 aliphatic carbocycles. The van der Waals surface area contributed by atoms with Gasteiger partial charge in [0.05, 0.1) is 24.5 Å². The summed E-state index contributed by atoms with van der Waals surface area (Å²) in [4.78, 5) is 32.9. The smallest absolute Gasteiger partial charge is 0.290 e. The molecule has 3 aromatic rings. The van der Waals surface area contributed by atoms with Gasteiger partial charge in [-0.3, -0.25) is 9.59 Å².